The predicted molar refractivity (Wildman–Crippen MR) is 110 cm³/mol. The number of anilines is 2. The van der Waals surface area contributed by atoms with Crippen LogP contribution in [0.1, 0.15) is 12.0 Å². The molecule has 1 atom stereocenters. The summed E-state index contributed by atoms with van der Waals surface area (Å²) >= 11 is 3.45. The molecule has 0 aliphatic carbocycles. The fraction of sp³-hybridized carbons (Fsp3) is 0.200. The minimum absolute atomic E-state index is 0.0824. The molecule has 1 unspecified atom stereocenters. The van der Waals surface area contributed by atoms with Gasteiger partial charge in [0.2, 0.25) is 11.8 Å². The van der Waals surface area contributed by atoms with E-state index in [4.69, 9.17) is 0 Å². The number of H-pyrrole nitrogens is 1. The number of carbonyl (C=O) groups excluding carboxylic acids is 2. The van der Waals surface area contributed by atoms with E-state index in [2.05, 4.69) is 31.2 Å². The Balaban J connectivity index is 1.51. The van der Waals surface area contributed by atoms with Crippen molar-refractivity contribution in [3.63, 3.8) is 0 Å². The van der Waals surface area contributed by atoms with Gasteiger partial charge in [-0.3, -0.25) is 14.4 Å². The number of carbonyl (C=O) groups is 2. The summed E-state index contributed by atoms with van der Waals surface area (Å²) in [5.74, 6) is -0.787. The van der Waals surface area contributed by atoms with Crippen molar-refractivity contribution in [2.75, 3.05) is 16.8 Å². The van der Waals surface area contributed by atoms with E-state index in [1.165, 1.54) is 6.33 Å². The van der Waals surface area contributed by atoms with E-state index in [-0.39, 0.29) is 23.8 Å². The van der Waals surface area contributed by atoms with Gasteiger partial charge in [-0.2, -0.15) is 0 Å². The molecule has 2 aromatic carbocycles. The number of nitrogens with one attached hydrogen (secondary N) is 2. The Morgan fingerprint density at radius 1 is 1.25 bits per heavy atom. The second-order valence-corrected chi connectivity index (χ2v) is 7.65. The molecule has 0 spiro atoms. The molecular weight excluding hydrogens is 424 g/mol. The van der Waals surface area contributed by atoms with Crippen LogP contribution in [0.3, 0.4) is 0 Å². The van der Waals surface area contributed by atoms with Crippen LogP contribution in [0.4, 0.5) is 11.4 Å². The lowest BCUT2D eigenvalue weighted by atomic mass is 10.1. The molecule has 142 valence electrons. The van der Waals surface area contributed by atoms with Gasteiger partial charge in [0.25, 0.3) is 5.56 Å². The number of amides is 2. The van der Waals surface area contributed by atoms with Crippen molar-refractivity contribution in [3.8, 4) is 0 Å². The SMILES string of the molecule is Cc1cc(N2CC(C(=O)Nc3ccc4nc[nH]c(=O)c4c3)CC2=O)ccc1Br. The van der Waals surface area contributed by atoms with Gasteiger partial charge in [-0.25, -0.2) is 4.98 Å². The van der Waals surface area contributed by atoms with Crippen LogP contribution in [0.5, 0.6) is 0 Å². The zero-order valence-electron chi connectivity index (χ0n) is 15.0. The van der Waals surface area contributed by atoms with E-state index >= 15 is 0 Å². The number of nitrogens with zero attached hydrogens (tertiary/aromatic N) is 2. The molecule has 2 amide bonds. The van der Waals surface area contributed by atoms with E-state index in [1.807, 2.05) is 25.1 Å². The van der Waals surface area contributed by atoms with Crippen LogP contribution in [0.25, 0.3) is 10.9 Å². The van der Waals surface area contributed by atoms with Crippen LogP contribution < -0.4 is 15.8 Å². The van der Waals surface area contributed by atoms with Gasteiger partial charge in [0, 0.05) is 28.8 Å². The van der Waals surface area contributed by atoms with Gasteiger partial charge in [0.05, 0.1) is 23.1 Å². The Kier molecular flexibility index (Phi) is 4.72. The van der Waals surface area contributed by atoms with Crippen molar-refractivity contribution in [1.82, 2.24) is 9.97 Å². The monoisotopic (exact) mass is 440 g/mol. The lowest BCUT2D eigenvalue weighted by Gasteiger charge is -2.17. The first-order valence-corrected chi connectivity index (χ1v) is 9.56. The first kappa shape index (κ1) is 18.4. The third-order valence-corrected chi connectivity index (χ3v) is 5.75. The summed E-state index contributed by atoms with van der Waals surface area (Å²) in [6.07, 6.45) is 1.49. The minimum Gasteiger partial charge on any atom is -0.326 e. The van der Waals surface area contributed by atoms with Gasteiger partial charge < -0.3 is 15.2 Å². The molecule has 7 nitrogen and oxygen atoms in total. The molecule has 8 heteroatoms. The molecule has 4 rings (SSSR count). The van der Waals surface area contributed by atoms with E-state index < -0.39 is 5.92 Å². The summed E-state index contributed by atoms with van der Waals surface area (Å²) in [7, 11) is 0. The molecule has 0 bridgehead atoms. The van der Waals surface area contributed by atoms with E-state index in [9.17, 15) is 14.4 Å². The molecule has 1 saturated heterocycles. The maximum absolute atomic E-state index is 12.7. The van der Waals surface area contributed by atoms with Gasteiger partial charge in [0.1, 0.15) is 0 Å². The number of halogens is 1. The first-order chi connectivity index (χ1) is 13.4. The van der Waals surface area contributed by atoms with Crippen LogP contribution in [0.15, 0.2) is 52.0 Å². The highest BCUT2D eigenvalue weighted by atomic mass is 79.9. The highest BCUT2D eigenvalue weighted by Crippen LogP contribution is 2.29. The third kappa shape index (κ3) is 3.43. The second-order valence-electron chi connectivity index (χ2n) is 6.79. The van der Waals surface area contributed by atoms with E-state index in [1.54, 1.807) is 23.1 Å². The minimum atomic E-state index is -0.459. The average molecular weight is 441 g/mol. The second kappa shape index (κ2) is 7.20. The first-order valence-electron chi connectivity index (χ1n) is 8.77. The normalized spacial score (nSPS) is 16.6. The molecule has 0 radical (unpaired) electrons. The molecular formula is C20H17BrN4O3. The summed E-state index contributed by atoms with van der Waals surface area (Å²) in [5.41, 5.74) is 2.59. The standard InChI is InChI=1S/C20H17BrN4O3/c1-11-6-14(3-4-16(11)21)25-9-12(7-18(25)26)19(27)24-13-2-5-17-15(8-13)20(28)23-10-22-17/h2-6,8,10,12H,7,9H2,1H3,(H,24,27)(H,22,23,28). The van der Waals surface area contributed by atoms with Crippen LogP contribution in [-0.2, 0) is 9.59 Å². The highest BCUT2D eigenvalue weighted by molar-refractivity contribution is 9.10. The molecule has 0 saturated carbocycles. The predicted octanol–water partition coefficient (Wildman–Crippen LogP) is 2.99. The van der Waals surface area contributed by atoms with Gasteiger partial charge in [-0.1, -0.05) is 15.9 Å². The van der Waals surface area contributed by atoms with Gasteiger partial charge in [-0.15, -0.1) is 0 Å². The number of aromatic amines is 1. The van der Waals surface area contributed by atoms with Crippen molar-refractivity contribution < 1.29 is 9.59 Å². The van der Waals surface area contributed by atoms with Crippen molar-refractivity contribution >= 4 is 50.0 Å². The van der Waals surface area contributed by atoms with Crippen molar-refractivity contribution in [1.29, 1.82) is 0 Å². The Hall–Kier alpha value is -3.00. The maximum Gasteiger partial charge on any atom is 0.258 e. The molecule has 1 aliphatic rings. The number of aryl methyl sites for hydroxylation is 1. The lowest BCUT2D eigenvalue weighted by Crippen LogP contribution is -2.28. The summed E-state index contributed by atoms with van der Waals surface area (Å²) < 4.78 is 0.970. The molecule has 3 aromatic rings. The molecule has 2 heterocycles. The van der Waals surface area contributed by atoms with E-state index in [0.29, 0.717) is 23.1 Å². The number of fused-ring (bicyclic) bond motifs is 1. The van der Waals surface area contributed by atoms with Crippen molar-refractivity contribution in [2.24, 2.45) is 5.92 Å². The fourth-order valence-electron chi connectivity index (χ4n) is 3.32. The van der Waals surface area contributed by atoms with Gasteiger partial charge in [0.15, 0.2) is 0 Å². The number of hydrogen-bond donors (Lipinski definition) is 2. The average Bonchev–Trinajstić information content (AvgIpc) is 3.06. The van der Waals surface area contributed by atoms with Crippen LogP contribution in [-0.4, -0.2) is 28.3 Å². The highest BCUT2D eigenvalue weighted by Gasteiger charge is 2.35. The number of aromatic nitrogens is 2. The van der Waals surface area contributed by atoms with E-state index in [0.717, 1.165) is 15.7 Å². The topological polar surface area (TPSA) is 95.2 Å². The number of benzene rings is 2. The summed E-state index contributed by atoms with van der Waals surface area (Å²) in [5, 5.41) is 3.21. The Morgan fingerprint density at radius 3 is 2.86 bits per heavy atom. The lowest BCUT2D eigenvalue weighted by molar-refractivity contribution is -0.122. The van der Waals surface area contributed by atoms with Crippen LogP contribution in [0.2, 0.25) is 0 Å². The van der Waals surface area contributed by atoms with Crippen LogP contribution >= 0.6 is 15.9 Å². The third-order valence-electron chi connectivity index (χ3n) is 4.86. The summed E-state index contributed by atoms with van der Waals surface area (Å²) in [6.45, 7) is 2.27. The van der Waals surface area contributed by atoms with Crippen molar-refractivity contribution in [2.45, 2.75) is 13.3 Å². The maximum atomic E-state index is 12.7. The molecule has 1 aliphatic heterocycles. The van der Waals surface area contributed by atoms with Crippen LogP contribution in [0, 0.1) is 12.8 Å². The smallest absolute Gasteiger partial charge is 0.258 e. The molecule has 2 N–H and O–H groups in total. The largest absolute Gasteiger partial charge is 0.326 e. The fourth-order valence-corrected chi connectivity index (χ4v) is 3.57. The Labute approximate surface area is 168 Å². The van der Waals surface area contributed by atoms with Gasteiger partial charge >= 0.3 is 0 Å². The molecule has 28 heavy (non-hydrogen) atoms. The molecule has 1 fully saturated rings. The number of rotatable bonds is 3. The Morgan fingerprint density at radius 2 is 2.07 bits per heavy atom. The van der Waals surface area contributed by atoms with Crippen molar-refractivity contribution in [3.05, 3.63) is 63.1 Å². The summed E-state index contributed by atoms with van der Waals surface area (Å²) in [6, 6.07) is 10.6. The zero-order valence-corrected chi connectivity index (χ0v) is 16.6. The Bertz CT molecular complexity index is 1160. The number of hydrogen-bond acceptors (Lipinski definition) is 4. The zero-order chi connectivity index (χ0) is 19.8. The van der Waals surface area contributed by atoms with Gasteiger partial charge in [-0.05, 0) is 48.9 Å². The quantitative estimate of drug-likeness (QED) is 0.654. The molecule has 1 aromatic heterocycles. The summed E-state index contributed by atoms with van der Waals surface area (Å²) in [4.78, 5) is 45.3.